The van der Waals surface area contributed by atoms with Crippen molar-refractivity contribution in [2.24, 2.45) is 11.8 Å². The Bertz CT molecular complexity index is 310. The van der Waals surface area contributed by atoms with E-state index in [0.29, 0.717) is 6.42 Å². The Balaban J connectivity index is 2.43. The van der Waals surface area contributed by atoms with E-state index in [1.807, 2.05) is 13.8 Å². The standard InChI is InChI=1S/C16H32N2O2/c1-12(2)14-6-9-18(10-7-14)11-8-16(5,15(19)20)17-13(3)4/h12-14,17H,6-11H2,1-5H3,(H,19,20). The van der Waals surface area contributed by atoms with Crippen molar-refractivity contribution in [2.45, 2.75) is 65.5 Å². The topological polar surface area (TPSA) is 52.6 Å². The Morgan fingerprint density at radius 2 is 1.85 bits per heavy atom. The van der Waals surface area contributed by atoms with Crippen molar-refractivity contribution in [3.8, 4) is 0 Å². The quantitative estimate of drug-likeness (QED) is 0.754. The number of aliphatic carboxylic acids is 1. The van der Waals surface area contributed by atoms with Gasteiger partial charge in [0.05, 0.1) is 0 Å². The van der Waals surface area contributed by atoms with Crippen LogP contribution < -0.4 is 5.32 Å². The Morgan fingerprint density at radius 3 is 2.25 bits per heavy atom. The maximum absolute atomic E-state index is 11.5. The highest BCUT2D eigenvalue weighted by molar-refractivity contribution is 5.78. The molecule has 0 aliphatic carbocycles. The van der Waals surface area contributed by atoms with Gasteiger partial charge in [0.1, 0.15) is 5.54 Å². The van der Waals surface area contributed by atoms with E-state index in [-0.39, 0.29) is 6.04 Å². The van der Waals surface area contributed by atoms with Gasteiger partial charge in [-0.25, -0.2) is 0 Å². The summed E-state index contributed by atoms with van der Waals surface area (Å²) in [6, 6.07) is 0.183. The van der Waals surface area contributed by atoms with Crippen LogP contribution in [-0.4, -0.2) is 47.2 Å². The summed E-state index contributed by atoms with van der Waals surface area (Å²) in [5.41, 5.74) is -0.816. The maximum atomic E-state index is 11.5. The van der Waals surface area contributed by atoms with Crippen LogP contribution in [0.1, 0.15) is 53.9 Å². The number of carboxylic acid groups (broad SMARTS) is 1. The fourth-order valence-electron chi connectivity index (χ4n) is 3.10. The van der Waals surface area contributed by atoms with Crippen LogP contribution in [-0.2, 0) is 4.79 Å². The molecule has 1 unspecified atom stereocenters. The molecule has 1 aliphatic heterocycles. The summed E-state index contributed by atoms with van der Waals surface area (Å²) < 4.78 is 0. The zero-order valence-electron chi connectivity index (χ0n) is 13.8. The third-order valence-corrected chi connectivity index (χ3v) is 4.58. The second-order valence-corrected chi connectivity index (χ2v) is 7.11. The van der Waals surface area contributed by atoms with Gasteiger partial charge in [0.2, 0.25) is 0 Å². The lowest BCUT2D eigenvalue weighted by atomic mass is 9.86. The third-order valence-electron chi connectivity index (χ3n) is 4.58. The molecule has 0 amide bonds. The third kappa shape index (κ3) is 5.06. The Hall–Kier alpha value is -0.610. The van der Waals surface area contributed by atoms with Gasteiger partial charge in [0.25, 0.3) is 0 Å². The first-order chi connectivity index (χ1) is 9.24. The van der Waals surface area contributed by atoms with E-state index in [0.717, 1.165) is 31.5 Å². The molecule has 0 aromatic rings. The number of carboxylic acids is 1. The van der Waals surface area contributed by atoms with Gasteiger partial charge in [0.15, 0.2) is 0 Å². The van der Waals surface area contributed by atoms with E-state index in [1.165, 1.54) is 12.8 Å². The summed E-state index contributed by atoms with van der Waals surface area (Å²) in [6.07, 6.45) is 3.16. The molecule has 0 aromatic carbocycles. The zero-order valence-corrected chi connectivity index (χ0v) is 13.8. The van der Waals surface area contributed by atoms with Crippen LogP contribution in [0.4, 0.5) is 0 Å². The van der Waals surface area contributed by atoms with E-state index in [9.17, 15) is 9.90 Å². The monoisotopic (exact) mass is 284 g/mol. The number of rotatable bonds is 7. The van der Waals surface area contributed by atoms with Gasteiger partial charge in [-0.2, -0.15) is 0 Å². The van der Waals surface area contributed by atoms with Crippen molar-refractivity contribution in [1.29, 1.82) is 0 Å². The molecule has 1 fully saturated rings. The predicted molar refractivity (Wildman–Crippen MR) is 82.9 cm³/mol. The Kier molecular flexibility index (Phi) is 6.46. The lowest BCUT2D eigenvalue weighted by molar-refractivity contribution is -0.145. The molecule has 0 radical (unpaired) electrons. The summed E-state index contributed by atoms with van der Waals surface area (Å²) in [5, 5.41) is 12.6. The number of likely N-dealkylation sites (tertiary alicyclic amines) is 1. The molecule has 1 aliphatic rings. The summed E-state index contributed by atoms with van der Waals surface area (Å²) >= 11 is 0. The van der Waals surface area contributed by atoms with E-state index in [4.69, 9.17) is 0 Å². The van der Waals surface area contributed by atoms with E-state index >= 15 is 0 Å². The van der Waals surface area contributed by atoms with E-state index < -0.39 is 11.5 Å². The molecular weight excluding hydrogens is 252 g/mol. The van der Waals surface area contributed by atoms with Crippen molar-refractivity contribution in [3.63, 3.8) is 0 Å². The van der Waals surface area contributed by atoms with Crippen molar-refractivity contribution in [2.75, 3.05) is 19.6 Å². The molecule has 2 N–H and O–H groups in total. The van der Waals surface area contributed by atoms with Crippen LogP contribution in [0, 0.1) is 11.8 Å². The van der Waals surface area contributed by atoms with Gasteiger partial charge in [0, 0.05) is 12.6 Å². The molecule has 4 nitrogen and oxygen atoms in total. The number of carbonyl (C=O) groups is 1. The number of nitrogens with one attached hydrogen (secondary N) is 1. The summed E-state index contributed by atoms with van der Waals surface area (Å²) in [6.45, 7) is 13.5. The van der Waals surface area contributed by atoms with Crippen LogP contribution in [0.3, 0.4) is 0 Å². The first kappa shape index (κ1) is 17.4. The van der Waals surface area contributed by atoms with Crippen LogP contribution >= 0.6 is 0 Å². The van der Waals surface area contributed by atoms with Gasteiger partial charge >= 0.3 is 5.97 Å². The van der Waals surface area contributed by atoms with E-state index in [1.54, 1.807) is 6.92 Å². The van der Waals surface area contributed by atoms with Crippen LogP contribution in [0.15, 0.2) is 0 Å². The van der Waals surface area contributed by atoms with E-state index in [2.05, 4.69) is 24.1 Å². The highest BCUT2D eigenvalue weighted by Crippen LogP contribution is 2.25. The molecule has 0 spiro atoms. The maximum Gasteiger partial charge on any atom is 0.323 e. The first-order valence-corrected chi connectivity index (χ1v) is 7.98. The van der Waals surface area contributed by atoms with Gasteiger partial charge in [-0.1, -0.05) is 13.8 Å². The second-order valence-electron chi connectivity index (χ2n) is 7.11. The molecule has 1 heterocycles. The lowest BCUT2D eigenvalue weighted by Crippen LogP contribution is -2.54. The molecule has 0 aromatic heterocycles. The molecule has 0 saturated carbocycles. The van der Waals surface area contributed by atoms with Crippen LogP contribution in [0.25, 0.3) is 0 Å². The van der Waals surface area contributed by atoms with Crippen molar-refractivity contribution in [1.82, 2.24) is 10.2 Å². The van der Waals surface area contributed by atoms with Crippen LogP contribution in [0.5, 0.6) is 0 Å². The molecule has 1 saturated heterocycles. The number of hydrogen-bond donors (Lipinski definition) is 2. The van der Waals surface area contributed by atoms with Crippen LogP contribution in [0.2, 0.25) is 0 Å². The Labute approximate surface area is 123 Å². The van der Waals surface area contributed by atoms with Crippen molar-refractivity contribution < 1.29 is 9.90 Å². The highest BCUT2D eigenvalue weighted by Gasteiger charge is 2.34. The molecule has 118 valence electrons. The summed E-state index contributed by atoms with van der Waals surface area (Å²) in [5.74, 6) is 0.859. The summed E-state index contributed by atoms with van der Waals surface area (Å²) in [7, 11) is 0. The number of hydrogen-bond acceptors (Lipinski definition) is 3. The molecule has 20 heavy (non-hydrogen) atoms. The molecule has 1 atom stereocenters. The smallest absolute Gasteiger partial charge is 0.323 e. The Morgan fingerprint density at radius 1 is 1.30 bits per heavy atom. The lowest BCUT2D eigenvalue weighted by Gasteiger charge is -2.36. The largest absolute Gasteiger partial charge is 0.480 e. The van der Waals surface area contributed by atoms with Gasteiger partial charge in [-0.05, 0) is 65.0 Å². The van der Waals surface area contributed by atoms with Gasteiger partial charge < -0.3 is 10.0 Å². The second kappa shape index (κ2) is 7.41. The highest BCUT2D eigenvalue weighted by atomic mass is 16.4. The summed E-state index contributed by atoms with van der Waals surface area (Å²) in [4.78, 5) is 13.9. The fraction of sp³-hybridized carbons (Fsp3) is 0.938. The predicted octanol–water partition coefficient (Wildman–Crippen LogP) is 2.59. The van der Waals surface area contributed by atoms with Gasteiger partial charge in [-0.3, -0.25) is 10.1 Å². The number of piperidine rings is 1. The van der Waals surface area contributed by atoms with Crippen molar-refractivity contribution in [3.05, 3.63) is 0 Å². The normalized spacial score (nSPS) is 21.4. The number of nitrogens with zero attached hydrogens (tertiary/aromatic N) is 1. The minimum atomic E-state index is -0.816. The zero-order chi connectivity index (χ0) is 15.3. The molecule has 0 bridgehead atoms. The average Bonchev–Trinajstić information content (AvgIpc) is 2.36. The van der Waals surface area contributed by atoms with Crippen molar-refractivity contribution >= 4 is 5.97 Å². The van der Waals surface area contributed by atoms with Gasteiger partial charge in [-0.15, -0.1) is 0 Å². The minimum absolute atomic E-state index is 0.183. The fourth-order valence-corrected chi connectivity index (χ4v) is 3.10. The minimum Gasteiger partial charge on any atom is -0.480 e. The molecular formula is C16H32N2O2. The SMILES string of the molecule is CC(C)NC(C)(CCN1CCC(C(C)C)CC1)C(=O)O. The first-order valence-electron chi connectivity index (χ1n) is 7.98. The molecule has 1 rings (SSSR count). The average molecular weight is 284 g/mol. The molecule has 4 heteroatoms.